The summed E-state index contributed by atoms with van der Waals surface area (Å²) in [7, 11) is -2.26. The highest BCUT2D eigenvalue weighted by Crippen LogP contribution is 2.28. The molecule has 19 heavy (non-hydrogen) atoms. The van der Waals surface area contributed by atoms with Crippen LogP contribution in [0.1, 0.15) is 0 Å². The zero-order valence-corrected chi connectivity index (χ0v) is 11.7. The number of benzene rings is 2. The van der Waals surface area contributed by atoms with E-state index < -0.39 is 10.0 Å². The van der Waals surface area contributed by atoms with Gasteiger partial charge in [0.05, 0.1) is 17.8 Å². The van der Waals surface area contributed by atoms with E-state index in [0.717, 1.165) is 0 Å². The number of ether oxygens (including phenoxy) is 1. The van der Waals surface area contributed by atoms with Crippen molar-refractivity contribution < 1.29 is 13.2 Å². The fraction of sp³-hybridized carbons (Fsp3) is 0.0769. The number of sulfonamides is 1. The normalized spacial score (nSPS) is 11.1. The molecule has 0 unspecified atom stereocenters. The van der Waals surface area contributed by atoms with E-state index in [2.05, 4.69) is 4.72 Å². The van der Waals surface area contributed by atoms with Crippen molar-refractivity contribution in [3.63, 3.8) is 0 Å². The molecular weight excluding hydrogens is 286 g/mol. The second-order valence-corrected chi connectivity index (χ2v) is 5.79. The van der Waals surface area contributed by atoms with Gasteiger partial charge in [0.2, 0.25) is 0 Å². The Morgan fingerprint density at radius 2 is 1.68 bits per heavy atom. The Balaban J connectivity index is 2.40. The topological polar surface area (TPSA) is 55.4 Å². The van der Waals surface area contributed by atoms with Crippen LogP contribution in [-0.4, -0.2) is 15.5 Å². The molecule has 100 valence electrons. The molecule has 0 aliphatic heterocycles. The number of nitrogens with one attached hydrogen (secondary N) is 1. The number of hydrogen-bond acceptors (Lipinski definition) is 3. The molecule has 0 fully saturated rings. The SMILES string of the molecule is COc1ccccc1NS(=O)(=O)c1ccccc1Cl. The van der Waals surface area contributed by atoms with Crippen LogP contribution in [-0.2, 0) is 10.0 Å². The van der Waals surface area contributed by atoms with Crippen LogP contribution in [0.15, 0.2) is 53.4 Å². The first-order chi connectivity index (χ1) is 9.04. The molecule has 1 N–H and O–H groups in total. The average molecular weight is 298 g/mol. The van der Waals surface area contributed by atoms with Gasteiger partial charge < -0.3 is 4.74 Å². The Kier molecular flexibility index (Phi) is 3.97. The maximum Gasteiger partial charge on any atom is 0.263 e. The first-order valence-electron chi connectivity index (χ1n) is 5.45. The lowest BCUT2D eigenvalue weighted by Crippen LogP contribution is -2.14. The van der Waals surface area contributed by atoms with Gasteiger partial charge in [0.25, 0.3) is 10.0 Å². The molecule has 0 spiro atoms. The third kappa shape index (κ3) is 3.00. The predicted molar refractivity (Wildman–Crippen MR) is 75.3 cm³/mol. The third-order valence-corrected chi connectivity index (χ3v) is 4.34. The van der Waals surface area contributed by atoms with Gasteiger partial charge in [-0.2, -0.15) is 0 Å². The average Bonchev–Trinajstić information content (AvgIpc) is 2.39. The van der Waals surface area contributed by atoms with E-state index in [1.54, 1.807) is 36.4 Å². The van der Waals surface area contributed by atoms with Crippen molar-refractivity contribution >= 4 is 27.3 Å². The van der Waals surface area contributed by atoms with E-state index in [-0.39, 0.29) is 9.92 Å². The number of hydrogen-bond donors (Lipinski definition) is 1. The highest BCUT2D eigenvalue weighted by molar-refractivity contribution is 7.92. The predicted octanol–water partition coefficient (Wildman–Crippen LogP) is 3.15. The van der Waals surface area contributed by atoms with Crippen LogP contribution in [0.25, 0.3) is 0 Å². The molecule has 2 aromatic rings. The maximum absolute atomic E-state index is 12.2. The van der Waals surface area contributed by atoms with Gasteiger partial charge >= 0.3 is 0 Å². The van der Waals surface area contributed by atoms with Crippen molar-refractivity contribution in [2.45, 2.75) is 4.90 Å². The molecule has 2 rings (SSSR count). The molecule has 0 aliphatic carbocycles. The summed E-state index contributed by atoms with van der Waals surface area (Å²) < 4.78 is 32.0. The van der Waals surface area contributed by atoms with E-state index in [9.17, 15) is 8.42 Å². The Morgan fingerprint density at radius 3 is 2.37 bits per heavy atom. The largest absolute Gasteiger partial charge is 0.495 e. The van der Waals surface area contributed by atoms with E-state index in [1.807, 2.05) is 0 Å². The lowest BCUT2D eigenvalue weighted by Gasteiger charge is -2.12. The van der Waals surface area contributed by atoms with Crippen molar-refractivity contribution in [1.82, 2.24) is 0 Å². The van der Waals surface area contributed by atoms with Gasteiger partial charge in [0.15, 0.2) is 0 Å². The summed E-state index contributed by atoms with van der Waals surface area (Å²) in [6.45, 7) is 0. The summed E-state index contributed by atoms with van der Waals surface area (Å²) in [4.78, 5) is 0.0302. The van der Waals surface area contributed by atoms with Crippen LogP contribution in [0.3, 0.4) is 0 Å². The molecule has 4 nitrogen and oxygen atoms in total. The molecule has 0 aliphatic rings. The quantitative estimate of drug-likeness (QED) is 0.943. The lowest BCUT2D eigenvalue weighted by atomic mass is 10.3. The van der Waals surface area contributed by atoms with Crippen molar-refractivity contribution in [1.29, 1.82) is 0 Å². The molecule has 0 atom stereocenters. The van der Waals surface area contributed by atoms with E-state index in [4.69, 9.17) is 16.3 Å². The monoisotopic (exact) mass is 297 g/mol. The summed E-state index contributed by atoms with van der Waals surface area (Å²) in [5.74, 6) is 0.443. The van der Waals surface area contributed by atoms with Gasteiger partial charge in [-0.25, -0.2) is 8.42 Å². The van der Waals surface area contributed by atoms with Crippen LogP contribution in [0.5, 0.6) is 5.75 Å². The molecule has 2 aromatic carbocycles. The zero-order chi connectivity index (χ0) is 13.9. The van der Waals surface area contributed by atoms with Gasteiger partial charge in [-0.3, -0.25) is 4.72 Å². The molecule has 0 amide bonds. The van der Waals surface area contributed by atoms with Crippen molar-refractivity contribution in [3.8, 4) is 5.75 Å². The first kappa shape index (κ1) is 13.7. The van der Waals surface area contributed by atoms with Crippen molar-refractivity contribution in [3.05, 3.63) is 53.6 Å². The summed E-state index contributed by atoms with van der Waals surface area (Å²) in [6, 6.07) is 13.0. The molecule has 0 bridgehead atoms. The second-order valence-electron chi connectivity index (χ2n) is 3.74. The molecule has 0 heterocycles. The van der Waals surface area contributed by atoms with Crippen molar-refractivity contribution in [2.75, 3.05) is 11.8 Å². The Hall–Kier alpha value is -1.72. The van der Waals surface area contributed by atoms with E-state index >= 15 is 0 Å². The molecule has 0 radical (unpaired) electrons. The minimum absolute atomic E-state index is 0.0302. The van der Waals surface area contributed by atoms with E-state index in [1.165, 1.54) is 19.2 Å². The molecular formula is C13H12ClNO3S. The number of halogens is 1. The second kappa shape index (κ2) is 5.50. The van der Waals surface area contributed by atoms with Gasteiger partial charge in [-0.05, 0) is 24.3 Å². The fourth-order valence-corrected chi connectivity index (χ4v) is 3.18. The summed E-state index contributed by atoms with van der Waals surface area (Å²) in [6.07, 6.45) is 0. The Morgan fingerprint density at radius 1 is 1.05 bits per heavy atom. The van der Waals surface area contributed by atoms with Crippen LogP contribution in [0.4, 0.5) is 5.69 Å². The van der Waals surface area contributed by atoms with Crippen LogP contribution >= 0.6 is 11.6 Å². The van der Waals surface area contributed by atoms with Crippen LogP contribution in [0.2, 0.25) is 5.02 Å². The molecule has 0 aromatic heterocycles. The molecule has 0 saturated carbocycles. The molecule has 0 saturated heterocycles. The van der Waals surface area contributed by atoms with Crippen LogP contribution < -0.4 is 9.46 Å². The third-order valence-electron chi connectivity index (χ3n) is 2.48. The minimum atomic E-state index is -3.74. The Labute approximate surface area is 117 Å². The van der Waals surface area contributed by atoms with Gasteiger partial charge in [0.1, 0.15) is 10.6 Å². The highest BCUT2D eigenvalue weighted by Gasteiger charge is 2.18. The number of rotatable bonds is 4. The minimum Gasteiger partial charge on any atom is -0.495 e. The number of methoxy groups -OCH3 is 1. The maximum atomic E-state index is 12.2. The smallest absolute Gasteiger partial charge is 0.263 e. The summed E-state index contributed by atoms with van der Waals surface area (Å²) in [5.41, 5.74) is 0.366. The zero-order valence-electron chi connectivity index (χ0n) is 10.1. The van der Waals surface area contributed by atoms with Crippen LogP contribution in [0, 0.1) is 0 Å². The number of para-hydroxylation sites is 2. The summed E-state index contributed by atoms with van der Waals surface area (Å²) >= 11 is 5.90. The number of anilines is 1. The van der Waals surface area contributed by atoms with E-state index in [0.29, 0.717) is 11.4 Å². The highest BCUT2D eigenvalue weighted by atomic mass is 35.5. The van der Waals surface area contributed by atoms with Gasteiger partial charge in [0, 0.05) is 0 Å². The lowest BCUT2D eigenvalue weighted by molar-refractivity contribution is 0.417. The van der Waals surface area contributed by atoms with Gasteiger partial charge in [-0.15, -0.1) is 0 Å². The molecule has 6 heteroatoms. The van der Waals surface area contributed by atoms with Crippen molar-refractivity contribution in [2.24, 2.45) is 0 Å². The summed E-state index contributed by atoms with van der Waals surface area (Å²) in [5, 5.41) is 0.171. The van der Waals surface area contributed by atoms with Gasteiger partial charge in [-0.1, -0.05) is 35.9 Å². The fourth-order valence-electron chi connectivity index (χ4n) is 1.59. The standard InChI is InChI=1S/C13H12ClNO3S/c1-18-12-8-4-3-7-11(12)15-19(16,17)13-9-5-2-6-10(13)14/h2-9,15H,1H3. The first-order valence-corrected chi connectivity index (χ1v) is 7.31. The Bertz CT molecular complexity index is 686.